The molecular formula is C18H25Br2NO. The number of allylic oxidation sites excluding steroid dienone is 1. The summed E-state index contributed by atoms with van der Waals surface area (Å²) in [5.41, 5.74) is 0.740. The lowest BCUT2D eigenvalue weighted by molar-refractivity contribution is -0.123. The summed E-state index contributed by atoms with van der Waals surface area (Å²) in [6.07, 6.45) is 7.49. The number of carbonyl (C=O) groups excluding carboxylic acids is 1. The van der Waals surface area contributed by atoms with Crippen LogP contribution in [0, 0.1) is 5.41 Å². The first kappa shape index (κ1) is 19.6. The summed E-state index contributed by atoms with van der Waals surface area (Å²) in [6.45, 7) is 7.22. The number of hydrogen-bond donors (Lipinski definition) is 0. The molecule has 122 valence electrons. The van der Waals surface area contributed by atoms with Crippen molar-refractivity contribution in [2.45, 2.75) is 33.1 Å². The molecule has 2 nitrogen and oxygen atoms in total. The quantitative estimate of drug-likeness (QED) is 0.604. The highest BCUT2D eigenvalue weighted by molar-refractivity contribution is 9.10. The first-order valence-corrected chi connectivity index (χ1v) is 8.47. The van der Waals surface area contributed by atoms with E-state index in [2.05, 4.69) is 34.7 Å². The van der Waals surface area contributed by atoms with E-state index in [4.69, 9.17) is 0 Å². The Balaban J connectivity index is 0.00000242. The minimum atomic E-state index is -0.316. The fraction of sp³-hybridized carbons (Fsp3) is 0.500. The van der Waals surface area contributed by atoms with Crippen LogP contribution in [0.4, 0.5) is 0 Å². The summed E-state index contributed by atoms with van der Waals surface area (Å²) in [7, 11) is 0. The van der Waals surface area contributed by atoms with Crippen LogP contribution in [0.5, 0.6) is 0 Å². The van der Waals surface area contributed by atoms with Crippen LogP contribution < -0.4 is 0 Å². The van der Waals surface area contributed by atoms with Gasteiger partial charge in [0, 0.05) is 16.4 Å². The molecule has 4 heteroatoms. The van der Waals surface area contributed by atoms with E-state index in [1.165, 1.54) is 19.3 Å². The van der Waals surface area contributed by atoms with Gasteiger partial charge in [-0.25, -0.2) is 0 Å². The van der Waals surface area contributed by atoms with Crippen molar-refractivity contribution in [3.63, 3.8) is 0 Å². The molecule has 0 amide bonds. The number of piperidine rings is 1. The SMILES string of the molecule is Br.CC(C)(CN1CCCCC1)C(=O)/C=C/c1ccc(Br)cc1. The van der Waals surface area contributed by atoms with Gasteiger partial charge in [0.1, 0.15) is 0 Å². The lowest BCUT2D eigenvalue weighted by atomic mass is 9.86. The van der Waals surface area contributed by atoms with E-state index < -0.39 is 0 Å². The smallest absolute Gasteiger partial charge is 0.162 e. The van der Waals surface area contributed by atoms with Crippen molar-refractivity contribution in [2.75, 3.05) is 19.6 Å². The number of benzene rings is 1. The zero-order valence-electron chi connectivity index (χ0n) is 13.3. The van der Waals surface area contributed by atoms with Crippen LogP contribution in [0.3, 0.4) is 0 Å². The second kappa shape index (κ2) is 8.99. The molecule has 1 aromatic carbocycles. The Morgan fingerprint density at radius 3 is 2.36 bits per heavy atom. The standard InChI is InChI=1S/C18H24BrNO.BrH/c1-18(2,14-20-12-4-3-5-13-20)17(21)11-8-15-6-9-16(19)10-7-15;/h6-11H,3-5,12-14H2,1-2H3;1H/b11-8+;. The number of rotatable bonds is 5. The van der Waals surface area contributed by atoms with E-state index >= 15 is 0 Å². The Kier molecular flexibility index (Phi) is 8.01. The van der Waals surface area contributed by atoms with Gasteiger partial charge >= 0.3 is 0 Å². The third-order valence-corrected chi connectivity index (χ3v) is 4.56. The highest BCUT2D eigenvalue weighted by atomic mass is 79.9. The van der Waals surface area contributed by atoms with Gasteiger partial charge in [0.15, 0.2) is 5.78 Å². The van der Waals surface area contributed by atoms with E-state index in [0.717, 1.165) is 29.7 Å². The highest BCUT2D eigenvalue weighted by Gasteiger charge is 2.28. The molecule has 0 saturated carbocycles. The minimum Gasteiger partial charge on any atom is -0.302 e. The van der Waals surface area contributed by atoms with Crippen LogP contribution >= 0.6 is 32.9 Å². The molecule has 2 rings (SSSR count). The van der Waals surface area contributed by atoms with Crippen LogP contribution in [0.1, 0.15) is 38.7 Å². The van der Waals surface area contributed by atoms with Gasteiger partial charge in [-0.15, -0.1) is 17.0 Å². The molecule has 1 aromatic rings. The molecule has 0 radical (unpaired) electrons. The molecule has 0 unspecified atom stereocenters. The van der Waals surface area contributed by atoms with E-state index in [0.29, 0.717) is 0 Å². The highest BCUT2D eigenvalue weighted by Crippen LogP contribution is 2.22. The molecule has 0 spiro atoms. The first-order chi connectivity index (χ1) is 9.97. The second-order valence-electron chi connectivity index (χ2n) is 6.47. The van der Waals surface area contributed by atoms with Gasteiger partial charge in [-0.3, -0.25) is 4.79 Å². The zero-order valence-corrected chi connectivity index (χ0v) is 16.6. The second-order valence-corrected chi connectivity index (χ2v) is 7.39. The van der Waals surface area contributed by atoms with Crippen LogP contribution in [-0.4, -0.2) is 30.3 Å². The minimum absolute atomic E-state index is 0. The summed E-state index contributed by atoms with van der Waals surface area (Å²) < 4.78 is 1.05. The predicted octanol–water partition coefficient (Wildman–Crippen LogP) is 5.12. The van der Waals surface area contributed by atoms with E-state index in [-0.39, 0.29) is 28.2 Å². The molecule has 1 aliphatic rings. The fourth-order valence-corrected chi connectivity index (χ4v) is 2.99. The van der Waals surface area contributed by atoms with Crippen molar-refractivity contribution >= 4 is 44.8 Å². The normalized spacial score (nSPS) is 16.5. The molecule has 0 aromatic heterocycles. The third-order valence-electron chi connectivity index (χ3n) is 4.03. The number of likely N-dealkylation sites (tertiary alicyclic amines) is 1. The van der Waals surface area contributed by atoms with Crippen molar-refractivity contribution in [1.29, 1.82) is 0 Å². The number of ketones is 1. The van der Waals surface area contributed by atoms with Crippen LogP contribution in [0.25, 0.3) is 6.08 Å². The molecule has 0 N–H and O–H groups in total. The van der Waals surface area contributed by atoms with Gasteiger partial charge in [0.05, 0.1) is 0 Å². The van der Waals surface area contributed by atoms with Crippen molar-refractivity contribution in [1.82, 2.24) is 4.90 Å². The molecule has 1 fully saturated rings. The predicted molar refractivity (Wildman–Crippen MR) is 103 cm³/mol. The number of nitrogens with zero attached hydrogens (tertiary/aromatic N) is 1. The van der Waals surface area contributed by atoms with Crippen LogP contribution in [-0.2, 0) is 4.79 Å². The molecule has 22 heavy (non-hydrogen) atoms. The Morgan fingerprint density at radius 1 is 1.18 bits per heavy atom. The topological polar surface area (TPSA) is 20.3 Å². The van der Waals surface area contributed by atoms with Crippen molar-refractivity contribution < 1.29 is 4.79 Å². The van der Waals surface area contributed by atoms with Gasteiger partial charge in [-0.2, -0.15) is 0 Å². The monoisotopic (exact) mass is 429 g/mol. The third kappa shape index (κ3) is 5.98. The molecule has 0 aliphatic carbocycles. The van der Waals surface area contributed by atoms with Crippen molar-refractivity contribution in [3.8, 4) is 0 Å². The molecular weight excluding hydrogens is 406 g/mol. The molecule has 1 aliphatic heterocycles. The number of halogens is 2. The molecule has 0 atom stereocenters. The lowest BCUT2D eigenvalue weighted by Gasteiger charge is -2.33. The number of hydrogen-bond acceptors (Lipinski definition) is 2. The van der Waals surface area contributed by atoms with Crippen molar-refractivity contribution in [3.05, 3.63) is 40.4 Å². The summed E-state index contributed by atoms with van der Waals surface area (Å²) in [6, 6.07) is 7.99. The lowest BCUT2D eigenvalue weighted by Crippen LogP contribution is -2.41. The Morgan fingerprint density at radius 2 is 1.77 bits per heavy atom. The average Bonchev–Trinajstić information content (AvgIpc) is 2.47. The van der Waals surface area contributed by atoms with Gasteiger partial charge in [-0.05, 0) is 49.7 Å². The van der Waals surface area contributed by atoms with E-state index in [1.54, 1.807) is 6.08 Å². The summed E-state index contributed by atoms with van der Waals surface area (Å²) in [5.74, 6) is 0.205. The Bertz CT molecular complexity index is 502. The zero-order chi connectivity index (χ0) is 15.3. The summed E-state index contributed by atoms with van der Waals surface area (Å²) in [5, 5.41) is 0. The maximum atomic E-state index is 12.5. The maximum Gasteiger partial charge on any atom is 0.162 e. The van der Waals surface area contributed by atoms with Crippen molar-refractivity contribution in [2.24, 2.45) is 5.41 Å². The fourth-order valence-electron chi connectivity index (χ4n) is 2.73. The Hall–Kier alpha value is -0.450. The van der Waals surface area contributed by atoms with Gasteiger partial charge < -0.3 is 4.90 Å². The molecule has 0 bridgehead atoms. The van der Waals surface area contributed by atoms with E-state index in [1.807, 2.05) is 30.3 Å². The van der Waals surface area contributed by atoms with Gasteiger partial charge in [0.2, 0.25) is 0 Å². The van der Waals surface area contributed by atoms with Gasteiger partial charge in [0.25, 0.3) is 0 Å². The van der Waals surface area contributed by atoms with Gasteiger partial charge in [-0.1, -0.05) is 54.4 Å². The van der Waals surface area contributed by atoms with Crippen LogP contribution in [0.15, 0.2) is 34.8 Å². The molecule has 1 saturated heterocycles. The largest absolute Gasteiger partial charge is 0.302 e. The van der Waals surface area contributed by atoms with Crippen LogP contribution in [0.2, 0.25) is 0 Å². The summed E-state index contributed by atoms with van der Waals surface area (Å²) in [4.78, 5) is 14.9. The number of carbonyl (C=O) groups is 1. The van der Waals surface area contributed by atoms with E-state index in [9.17, 15) is 4.79 Å². The summed E-state index contributed by atoms with van der Waals surface area (Å²) >= 11 is 3.42. The average molecular weight is 431 g/mol. The first-order valence-electron chi connectivity index (χ1n) is 7.68. The maximum absolute atomic E-state index is 12.5. The Labute approximate surface area is 152 Å². The molecule has 1 heterocycles.